The molecule has 4 nitrogen and oxygen atoms in total. The standard InChI is InChI=1S/C12H21N3O/c1-2-3-7-15(8-9-16)12-5-4-6-14-11(12)10-13/h4-6,16H,2-3,7-10,13H2,1H3. The van der Waals surface area contributed by atoms with Crippen molar-refractivity contribution in [2.75, 3.05) is 24.6 Å². The van der Waals surface area contributed by atoms with Crippen LogP contribution in [0.3, 0.4) is 0 Å². The lowest BCUT2D eigenvalue weighted by atomic mass is 10.2. The largest absolute Gasteiger partial charge is 0.395 e. The molecule has 3 N–H and O–H groups in total. The van der Waals surface area contributed by atoms with Gasteiger partial charge in [0.05, 0.1) is 18.0 Å². The lowest BCUT2D eigenvalue weighted by molar-refractivity contribution is 0.301. The molecule has 16 heavy (non-hydrogen) atoms. The van der Waals surface area contributed by atoms with Gasteiger partial charge in [-0.2, -0.15) is 0 Å². The number of anilines is 1. The van der Waals surface area contributed by atoms with E-state index in [4.69, 9.17) is 10.8 Å². The van der Waals surface area contributed by atoms with E-state index >= 15 is 0 Å². The Kier molecular flexibility index (Phi) is 5.82. The Morgan fingerprint density at radius 2 is 2.25 bits per heavy atom. The second kappa shape index (κ2) is 7.19. The van der Waals surface area contributed by atoms with Crippen molar-refractivity contribution in [1.29, 1.82) is 0 Å². The molecule has 0 aromatic carbocycles. The highest BCUT2D eigenvalue weighted by molar-refractivity contribution is 5.50. The first-order chi connectivity index (χ1) is 7.83. The van der Waals surface area contributed by atoms with E-state index in [2.05, 4.69) is 16.8 Å². The minimum atomic E-state index is 0.155. The summed E-state index contributed by atoms with van der Waals surface area (Å²) in [6.45, 7) is 4.32. The molecule has 0 saturated heterocycles. The van der Waals surface area contributed by atoms with Crippen molar-refractivity contribution in [1.82, 2.24) is 4.98 Å². The van der Waals surface area contributed by atoms with Gasteiger partial charge in [0, 0.05) is 25.8 Å². The number of rotatable bonds is 7. The Hall–Kier alpha value is -1.13. The van der Waals surface area contributed by atoms with Gasteiger partial charge in [-0.25, -0.2) is 0 Å². The zero-order valence-electron chi connectivity index (χ0n) is 9.89. The van der Waals surface area contributed by atoms with Gasteiger partial charge in [-0.05, 0) is 18.6 Å². The number of unbranched alkanes of at least 4 members (excludes halogenated alkanes) is 1. The molecule has 0 aliphatic rings. The van der Waals surface area contributed by atoms with Crippen LogP contribution < -0.4 is 10.6 Å². The summed E-state index contributed by atoms with van der Waals surface area (Å²) in [5.74, 6) is 0. The summed E-state index contributed by atoms with van der Waals surface area (Å²) < 4.78 is 0. The molecule has 1 aromatic heterocycles. The maximum absolute atomic E-state index is 9.07. The van der Waals surface area contributed by atoms with Crippen LogP contribution >= 0.6 is 0 Å². The van der Waals surface area contributed by atoms with Crippen LogP contribution in [0.1, 0.15) is 25.5 Å². The third kappa shape index (κ3) is 3.47. The predicted octanol–water partition coefficient (Wildman–Crippen LogP) is 1.14. The average molecular weight is 223 g/mol. The van der Waals surface area contributed by atoms with Crippen molar-refractivity contribution in [2.45, 2.75) is 26.3 Å². The third-order valence-corrected chi connectivity index (χ3v) is 2.55. The van der Waals surface area contributed by atoms with Crippen LogP contribution in [0.4, 0.5) is 5.69 Å². The summed E-state index contributed by atoms with van der Waals surface area (Å²) in [6, 6.07) is 3.92. The fourth-order valence-corrected chi connectivity index (χ4v) is 1.70. The first-order valence-corrected chi connectivity index (χ1v) is 5.83. The van der Waals surface area contributed by atoms with Gasteiger partial charge in [0.1, 0.15) is 0 Å². The SMILES string of the molecule is CCCCN(CCO)c1cccnc1CN. The number of nitrogens with zero attached hydrogens (tertiary/aromatic N) is 2. The summed E-state index contributed by atoms with van der Waals surface area (Å²) in [6.07, 6.45) is 4.00. The summed E-state index contributed by atoms with van der Waals surface area (Å²) in [4.78, 5) is 6.41. The zero-order valence-corrected chi connectivity index (χ0v) is 9.89. The first kappa shape index (κ1) is 12.9. The molecule has 0 bridgehead atoms. The molecule has 1 aromatic rings. The Balaban J connectivity index is 2.81. The summed E-state index contributed by atoms with van der Waals surface area (Å²) in [5.41, 5.74) is 7.61. The maximum Gasteiger partial charge on any atom is 0.0772 e. The molecule has 0 spiro atoms. The van der Waals surface area contributed by atoms with Gasteiger partial charge in [-0.3, -0.25) is 4.98 Å². The van der Waals surface area contributed by atoms with Crippen molar-refractivity contribution in [3.8, 4) is 0 Å². The first-order valence-electron chi connectivity index (χ1n) is 5.83. The van der Waals surface area contributed by atoms with Crippen molar-refractivity contribution in [2.24, 2.45) is 5.73 Å². The fraction of sp³-hybridized carbons (Fsp3) is 0.583. The van der Waals surface area contributed by atoms with Gasteiger partial charge in [0.25, 0.3) is 0 Å². The lowest BCUT2D eigenvalue weighted by Gasteiger charge is -2.25. The lowest BCUT2D eigenvalue weighted by Crippen LogP contribution is -2.29. The second-order valence-electron chi connectivity index (χ2n) is 3.74. The Morgan fingerprint density at radius 1 is 1.44 bits per heavy atom. The van der Waals surface area contributed by atoms with E-state index in [1.165, 1.54) is 0 Å². The normalized spacial score (nSPS) is 10.4. The molecule has 0 fully saturated rings. The van der Waals surface area contributed by atoms with E-state index in [0.29, 0.717) is 13.1 Å². The molecule has 4 heteroatoms. The number of hydrogen-bond acceptors (Lipinski definition) is 4. The van der Waals surface area contributed by atoms with Gasteiger partial charge in [0.2, 0.25) is 0 Å². The van der Waals surface area contributed by atoms with Gasteiger partial charge < -0.3 is 15.7 Å². The van der Waals surface area contributed by atoms with Crippen LogP contribution in [-0.2, 0) is 6.54 Å². The van der Waals surface area contributed by atoms with Crippen LogP contribution in [0.25, 0.3) is 0 Å². The monoisotopic (exact) mass is 223 g/mol. The quantitative estimate of drug-likeness (QED) is 0.727. The number of nitrogens with two attached hydrogens (primary N) is 1. The molecule has 90 valence electrons. The zero-order chi connectivity index (χ0) is 11.8. The van der Waals surface area contributed by atoms with E-state index in [-0.39, 0.29) is 6.61 Å². The Labute approximate surface area is 97.1 Å². The molecule has 0 radical (unpaired) electrons. The van der Waals surface area contributed by atoms with Crippen LogP contribution in [0.15, 0.2) is 18.3 Å². The molecule has 0 atom stereocenters. The van der Waals surface area contributed by atoms with Gasteiger partial charge >= 0.3 is 0 Å². The summed E-state index contributed by atoms with van der Waals surface area (Å²) >= 11 is 0. The van der Waals surface area contributed by atoms with Gasteiger partial charge in [0.15, 0.2) is 0 Å². The minimum absolute atomic E-state index is 0.155. The van der Waals surface area contributed by atoms with E-state index in [9.17, 15) is 0 Å². The molecule has 0 aliphatic carbocycles. The van der Waals surface area contributed by atoms with Crippen LogP contribution in [-0.4, -0.2) is 29.8 Å². The predicted molar refractivity (Wildman–Crippen MR) is 66.3 cm³/mol. The Morgan fingerprint density at radius 3 is 2.88 bits per heavy atom. The number of aliphatic hydroxyl groups is 1. The highest BCUT2D eigenvalue weighted by Gasteiger charge is 2.09. The van der Waals surface area contributed by atoms with Crippen LogP contribution in [0.2, 0.25) is 0 Å². The average Bonchev–Trinajstić information content (AvgIpc) is 2.34. The molecule has 0 aliphatic heterocycles. The second-order valence-corrected chi connectivity index (χ2v) is 3.74. The molecule has 0 saturated carbocycles. The van der Waals surface area contributed by atoms with Crippen LogP contribution in [0, 0.1) is 0 Å². The highest BCUT2D eigenvalue weighted by atomic mass is 16.3. The van der Waals surface area contributed by atoms with E-state index in [1.807, 2.05) is 12.1 Å². The van der Waals surface area contributed by atoms with Crippen LogP contribution in [0.5, 0.6) is 0 Å². The topological polar surface area (TPSA) is 62.4 Å². The number of aliphatic hydroxyl groups excluding tert-OH is 1. The number of hydrogen-bond donors (Lipinski definition) is 2. The highest BCUT2D eigenvalue weighted by Crippen LogP contribution is 2.18. The number of aromatic nitrogens is 1. The van der Waals surface area contributed by atoms with E-state index in [0.717, 1.165) is 30.8 Å². The van der Waals surface area contributed by atoms with Crippen molar-refractivity contribution < 1.29 is 5.11 Å². The molecular formula is C12H21N3O. The number of pyridine rings is 1. The van der Waals surface area contributed by atoms with Crippen molar-refractivity contribution >= 4 is 5.69 Å². The maximum atomic E-state index is 9.07. The van der Waals surface area contributed by atoms with Crippen molar-refractivity contribution in [3.63, 3.8) is 0 Å². The molecule has 1 rings (SSSR count). The third-order valence-electron chi connectivity index (χ3n) is 2.55. The van der Waals surface area contributed by atoms with Gasteiger partial charge in [-0.1, -0.05) is 13.3 Å². The van der Waals surface area contributed by atoms with E-state index in [1.54, 1.807) is 6.20 Å². The fourth-order valence-electron chi connectivity index (χ4n) is 1.70. The molecule has 0 unspecified atom stereocenters. The van der Waals surface area contributed by atoms with E-state index < -0.39 is 0 Å². The van der Waals surface area contributed by atoms with Gasteiger partial charge in [-0.15, -0.1) is 0 Å². The molecule has 0 amide bonds. The van der Waals surface area contributed by atoms with Crippen molar-refractivity contribution in [3.05, 3.63) is 24.0 Å². The molecular weight excluding hydrogens is 202 g/mol. The minimum Gasteiger partial charge on any atom is -0.395 e. The smallest absolute Gasteiger partial charge is 0.0772 e. The summed E-state index contributed by atoms with van der Waals surface area (Å²) in [7, 11) is 0. The molecule has 1 heterocycles. The summed E-state index contributed by atoms with van der Waals surface area (Å²) in [5, 5.41) is 9.07. The Bertz CT molecular complexity index is 304.